The Labute approximate surface area is 125 Å². The van der Waals surface area contributed by atoms with E-state index in [0.717, 1.165) is 24.2 Å². The summed E-state index contributed by atoms with van der Waals surface area (Å²) in [4.78, 5) is 8.77. The summed E-state index contributed by atoms with van der Waals surface area (Å²) in [7, 11) is 3.73. The van der Waals surface area contributed by atoms with Gasteiger partial charge >= 0.3 is 0 Å². The van der Waals surface area contributed by atoms with Crippen LogP contribution in [-0.4, -0.2) is 31.7 Å². The van der Waals surface area contributed by atoms with Crippen molar-refractivity contribution in [3.05, 3.63) is 10.6 Å². The third-order valence-corrected chi connectivity index (χ3v) is 5.78. The van der Waals surface area contributed by atoms with Gasteiger partial charge in [0.05, 0.1) is 12.3 Å². The first-order valence-corrected chi connectivity index (χ1v) is 8.54. The molecule has 1 saturated heterocycles. The number of nitrogens with zero attached hydrogens (tertiary/aromatic N) is 2. The minimum absolute atomic E-state index is 0.620. The molecule has 0 spiro atoms. The van der Waals surface area contributed by atoms with Crippen LogP contribution < -0.4 is 10.2 Å². The Bertz CT molecular complexity index is 425. The number of ether oxygens (including phenoxy) is 1. The van der Waals surface area contributed by atoms with Crippen LogP contribution in [0.3, 0.4) is 0 Å². The Morgan fingerprint density at radius 1 is 1.35 bits per heavy atom. The predicted molar refractivity (Wildman–Crippen MR) is 83.3 cm³/mol. The molecule has 1 aliphatic heterocycles. The van der Waals surface area contributed by atoms with E-state index < -0.39 is 0 Å². The average molecular weight is 295 g/mol. The van der Waals surface area contributed by atoms with Gasteiger partial charge in [0.2, 0.25) is 0 Å². The monoisotopic (exact) mass is 295 g/mol. The molecule has 0 aromatic carbocycles. The average Bonchev–Trinajstić information content (AvgIpc) is 3.04. The Morgan fingerprint density at radius 2 is 2.20 bits per heavy atom. The summed E-state index contributed by atoms with van der Waals surface area (Å²) < 4.78 is 5.30. The molecule has 112 valence electrons. The summed E-state index contributed by atoms with van der Waals surface area (Å²) in [5.74, 6) is 0.909. The zero-order valence-electron chi connectivity index (χ0n) is 12.5. The van der Waals surface area contributed by atoms with Gasteiger partial charge in [-0.3, -0.25) is 0 Å². The highest BCUT2D eigenvalue weighted by atomic mass is 32.1. The van der Waals surface area contributed by atoms with Gasteiger partial charge in [0.1, 0.15) is 0 Å². The zero-order valence-corrected chi connectivity index (χ0v) is 13.3. The second-order valence-electron chi connectivity index (χ2n) is 5.92. The van der Waals surface area contributed by atoms with Crippen LogP contribution in [-0.2, 0) is 17.9 Å². The van der Waals surface area contributed by atoms with Gasteiger partial charge in [-0.1, -0.05) is 12.8 Å². The standard InChI is InChI=1S/C15H25N3OS/c1-16-9-14-12(10-19-2)17-15(20-14)18-8-7-11-5-3-4-6-13(11)18/h11,13,16H,3-10H2,1-2H3. The van der Waals surface area contributed by atoms with E-state index in [1.807, 2.05) is 18.4 Å². The molecule has 2 heterocycles. The minimum Gasteiger partial charge on any atom is -0.378 e. The highest BCUT2D eigenvalue weighted by molar-refractivity contribution is 7.15. The fourth-order valence-electron chi connectivity index (χ4n) is 3.68. The van der Waals surface area contributed by atoms with E-state index in [1.54, 1.807) is 7.11 Å². The fourth-order valence-corrected chi connectivity index (χ4v) is 4.84. The molecule has 0 bridgehead atoms. The largest absolute Gasteiger partial charge is 0.378 e. The summed E-state index contributed by atoms with van der Waals surface area (Å²) >= 11 is 1.85. The van der Waals surface area contributed by atoms with Gasteiger partial charge in [0.15, 0.2) is 5.13 Å². The van der Waals surface area contributed by atoms with Crippen LogP contribution in [0.4, 0.5) is 5.13 Å². The molecule has 2 unspecified atom stereocenters. The lowest BCUT2D eigenvalue weighted by Crippen LogP contribution is -2.34. The van der Waals surface area contributed by atoms with Crippen LogP contribution in [0.5, 0.6) is 0 Å². The molecule has 1 aromatic heterocycles. The summed E-state index contributed by atoms with van der Waals surface area (Å²) in [6.45, 7) is 2.70. The Kier molecular flexibility index (Phi) is 4.58. The smallest absolute Gasteiger partial charge is 0.186 e. The number of nitrogens with one attached hydrogen (secondary N) is 1. The molecule has 3 rings (SSSR count). The lowest BCUT2D eigenvalue weighted by atomic mass is 9.85. The third-order valence-electron chi connectivity index (χ3n) is 4.64. The van der Waals surface area contributed by atoms with E-state index in [0.29, 0.717) is 6.61 Å². The molecule has 20 heavy (non-hydrogen) atoms. The zero-order chi connectivity index (χ0) is 13.9. The van der Waals surface area contributed by atoms with Gasteiger partial charge in [-0.25, -0.2) is 4.98 Å². The molecule has 5 heteroatoms. The molecular weight excluding hydrogens is 270 g/mol. The number of aromatic nitrogens is 1. The van der Waals surface area contributed by atoms with E-state index in [9.17, 15) is 0 Å². The number of hydrogen-bond donors (Lipinski definition) is 1. The minimum atomic E-state index is 0.620. The molecule has 2 aliphatic rings. The van der Waals surface area contributed by atoms with Crippen molar-refractivity contribution in [1.29, 1.82) is 0 Å². The number of anilines is 1. The van der Waals surface area contributed by atoms with Gasteiger partial charge < -0.3 is 15.0 Å². The van der Waals surface area contributed by atoms with Crippen LogP contribution in [0.15, 0.2) is 0 Å². The van der Waals surface area contributed by atoms with Gasteiger partial charge in [0.25, 0.3) is 0 Å². The first-order chi connectivity index (χ1) is 9.83. The maximum atomic E-state index is 5.30. The normalized spacial score (nSPS) is 26.0. The lowest BCUT2D eigenvalue weighted by molar-refractivity contribution is 0.181. The van der Waals surface area contributed by atoms with Crippen LogP contribution in [0.2, 0.25) is 0 Å². The van der Waals surface area contributed by atoms with E-state index >= 15 is 0 Å². The first-order valence-electron chi connectivity index (χ1n) is 7.72. The topological polar surface area (TPSA) is 37.4 Å². The molecule has 2 fully saturated rings. The number of fused-ring (bicyclic) bond motifs is 1. The molecule has 1 saturated carbocycles. The molecule has 1 N–H and O–H groups in total. The van der Waals surface area contributed by atoms with Crippen molar-refractivity contribution in [2.45, 2.75) is 51.3 Å². The van der Waals surface area contributed by atoms with E-state index in [-0.39, 0.29) is 0 Å². The van der Waals surface area contributed by atoms with Crippen LogP contribution in [0.1, 0.15) is 42.7 Å². The van der Waals surface area contributed by atoms with Crippen LogP contribution in [0.25, 0.3) is 0 Å². The van der Waals surface area contributed by atoms with Crippen LogP contribution >= 0.6 is 11.3 Å². The van der Waals surface area contributed by atoms with Crippen molar-refractivity contribution in [1.82, 2.24) is 10.3 Å². The van der Waals surface area contributed by atoms with Crippen molar-refractivity contribution in [2.24, 2.45) is 5.92 Å². The molecule has 4 nitrogen and oxygen atoms in total. The van der Waals surface area contributed by atoms with E-state index in [2.05, 4.69) is 10.2 Å². The van der Waals surface area contributed by atoms with Gasteiger partial charge in [-0.2, -0.15) is 0 Å². The summed E-state index contributed by atoms with van der Waals surface area (Å²) in [6.07, 6.45) is 6.93. The maximum absolute atomic E-state index is 5.30. The second-order valence-corrected chi connectivity index (χ2v) is 6.99. The van der Waals surface area contributed by atoms with Gasteiger partial charge in [-0.15, -0.1) is 11.3 Å². The quantitative estimate of drug-likeness (QED) is 0.906. The van der Waals surface area contributed by atoms with Crippen molar-refractivity contribution in [3.63, 3.8) is 0 Å². The highest BCUT2D eigenvalue weighted by Gasteiger charge is 2.37. The SMILES string of the molecule is CNCc1sc(N2CCC3CCCCC32)nc1COC. The number of methoxy groups -OCH3 is 1. The van der Waals surface area contributed by atoms with Crippen molar-refractivity contribution >= 4 is 16.5 Å². The third kappa shape index (κ3) is 2.71. The highest BCUT2D eigenvalue weighted by Crippen LogP contribution is 2.40. The number of thiazole rings is 1. The maximum Gasteiger partial charge on any atom is 0.186 e. The van der Waals surface area contributed by atoms with Crippen molar-refractivity contribution < 1.29 is 4.74 Å². The first kappa shape index (κ1) is 14.3. The van der Waals surface area contributed by atoms with Crippen LogP contribution in [0, 0.1) is 5.92 Å². The van der Waals surface area contributed by atoms with Gasteiger partial charge in [-0.05, 0) is 32.2 Å². The number of hydrogen-bond acceptors (Lipinski definition) is 5. The van der Waals surface area contributed by atoms with E-state index in [1.165, 1.54) is 48.7 Å². The Hall–Kier alpha value is -0.650. The van der Waals surface area contributed by atoms with E-state index in [4.69, 9.17) is 9.72 Å². The summed E-state index contributed by atoms with van der Waals surface area (Å²) in [5.41, 5.74) is 1.11. The summed E-state index contributed by atoms with van der Waals surface area (Å²) in [5, 5.41) is 4.46. The molecule has 1 aromatic rings. The Morgan fingerprint density at radius 3 is 3.00 bits per heavy atom. The Balaban J connectivity index is 1.80. The van der Waals surface area contributed by atoms with Crippen molar-refractivity contribution in [2.75, 3.05) is 25.6 Å². The van der Waals surface area contributed by atoms with Crippen molar-refractivity contribution in [3.8, 4) is 0 Å². The molecule has 0 radical (unpaired) electrons. The van der Waals surface area contributed by atoms with Gasteiger partial charge in [0, 0.05) is 31.1 Å². The second kappa shape index (κ2) is 6.41. The lowest BCUT2D eigenvalue weighted by Gasteiger charge is -2.31. The predicted octanol–water partition coefficient (Wildman–Crippen LogP) is 2.78. The molecule has 1 aliphatic carbocycles. The number of rotatable bonds is 5. The molecular formula is C15H25N3OS. The fraction of sp³-hybridized carbons (Fsp3) is 0.800. The molecule has 2 atom stereocenters. The molecule has 0 amide bonds. The summed E-state index contributed by atoms with van der Waals surface area (Å²) in [6, 6.07) is 0.743.